The summed E-state index contributed by atoms with van der Waals surface area (Å²) in [6.07, 6.45) is 7.09. The van der Waals surface area contributed by atoms with Gasteiger partial charge in [-0.05, 0) is 42.7 Å². The fourth-order valence-corrected chi connectivity index (χ4v) is 2.29. The minimum absolute atomic E-state index is 0.103. The first-order chi connectivity index (χ1) is 10.3. The Balaban J connectivity index is 1.74. The van der Waals surface area contributed by atoms with E-state index in [-0.39, 0.29) is 6.04 Å². The van der Waals surface area contributed by atoms with Crippen LogP contribution in [0.3, 0.4) is 0 Å². The van der Waals surface area contributed by atoms with E-state index in [1.165, 1.54) is 5.56 Å². The van der Waals surface area contributed by atoms with Crippen molar-refractivity contribution in [3.8, 4) is 5.69 Å². The molecule has 5 heteroatoms. The first-order valence-corrected chi connectivity index (χ1v) is 6.95. The van der Waals surface area contributed by atoms with E-state index in [2.05, 4.69) is 15.3 Å². The van der Waals surface area contributed by atoms with Crippen LogP contribution in [0.4, 0.5) is 0 Å². The van der Waals surface area contributed by atoms with Crippen molar-refractivity contribution in [3.05, 3.63) is 72.3 Å². The molecule has 21 heavy (non-hydrogen) atoms. The number of nitrogens with two attached hydrogens (primary N) is 1. The summed E-state index contributed by atoms with van der Waals surface area (Å²) in [4.78, 5) is 4.02. The molecule has 3 aromatic rings. The third kappa shape index (κ3) is 3.14. The number of aromatic nitrogens is 4. The smallest absolute Gasteiger partial charge is 0.0813 e. The SMILES string of the molecule is NC(CCc1ccncc1)c1cnnn1-c1ccccc1. The van der Waals surface area contributed by atoms with E-state index in [9.17, 15) is 0 Å². The lowest BCUT2D eigenvalue weighted by Crippen LogP contribution is -2.16. The topological polar surface area (TPSA) is 69.6 Å². The number of hydrogen-bond donors (Lipinski definition) is 1. The maximum Gasteiger partial charge on any atom is 0.0813 e. The third-order valence-corrected chi connectivity index (χ3v) is 3.45. The van der Waals surface area contributed by atoms with Gasteiger partial charge < -0.3 is 5.73 Å². The average molecular weight is 279 g/mol. The quantitative estimate of drug-likeness (QED) is 0.778. The lowest BCUT2D eigenvalue weighted by atomic mass is 10.0. The summed E-state index contributed by atoms with van der Waals surface area (Å²) in [5.41, 5.74) is 9.45. The largest absolute Gasteiger partial charge is 0.323 e. The number of aryl methyl sites for hydroxylation is 1. The fraction of sp³-hybridized carbons (Fsp3) is 0.188. The van der Waals surface area contributed by atoms with Crippen LogP contribution in [0, 0.1) is 0 Å². The minimum Gasteiger partial charge on any atom is -0.323 e. The van der Waals surface area contributed by atoms with Crippen LogP contribution in [0.25, 0.3) is 5.69 Å². The number of pyridine rings is 1. The van der Waals surface area contributed by atoms with Crippen molar-refractivity contribution in [2.45, 2.75) is 18.9 Å². The van der Waals surface area contributed by atoms with Crippen LogP contribution >= 0.6 is 0 Å². The average Bonchev–Trinajstić information content (AvgIpc) is 3.04. The standard InChI is InChI=1S/C16H17N5/c17-15(7-6-13-8-10-18-11-9-13)16-12-19-20-21(16)14-4-2-1-3-5-14/h1-5,8-12,15H,6-7,17H2. The highest BCUT2D eigenvalue weighted by atomic mass is 15.4. The molecular weight excluding hydrogens is 262 g/mol. The Hall–Kier alpha value is -2.53. The molecule has 0 bridgehead atoms. The Morgan fingerprint density at radius 3 is 2.57 bits per heavy atom. The molecule has 0 aliphatic heterocycles. The van der Waals surface area contributed by atoms with Gasteiger partial charge in [0.05, 0.1) is 17.6 Å². The lowest BCUT2D eigenvalue weighted by Gasteiger charge is -2.13. The Morgan fingerprint density at radius 2 is 1.81 bits per heavy atom. The summed E-state index contributed by atoms with van der Waals surface area (Å²) in [6.45, 7) is 0. The number of rotatable bonds is 5. The summed E-state index contributed by atoms with van der Waals surface area (Å²) >= 11 is 0. The van der Waals surface area contributed by atoms with E-state index in [1.807, 2.05) is 42.5 Å². The molecule has 2 heterocycles. The first-order valence-electron chi connectivity index (χ1n) is 6.95. The van der Waals surface area contributed by atoms with E-state index < -0.39 is 0 Å². The van der Waals surface area contributed by atoms with Crippen LogP contribution in [-0.4, -0.2) is 20.0 Å². The first kappa shape index (κ1) is 13.5. The summed E-state index contributed by atoms with van der Waals surface area (Å²) < 4.78 is 1.80. The zero-order valence-corrected chi connectivity index (χ0v) is 11.6. The number of para-hydroxylation sites is 1. The van der Waals surface area contributed by atoms with Gasteiger partial charge >= 0.3 is 0 Å². The van der Waals surface area contributed by atoms with E-state index in [1.54, 1.807) is 23.3 Å². The molecular formula is C16H17N5. The predicted molar refractivity (Wildman–Crippen MR) is 80.8 cm³/mol. The summed E-state index contributed by atoms with van der Waals surface area (Å²) in [7, 11) is 0. The molecule has 0 saturated heterocycles. The highest BCUT2D eigenvalue weighted by Crippen LogP contribution is 2.18. The molecule has 0 amide bonds. The van der Waals surface area contributed by atoms with Gasteiger partial charge in [-0.15, -0.1) is 5.10 Å². The van der Waals surface area contributed by atoms with Crippen LogP contribution in [0.2, 0.25) is 0 Å². The van der Waals surface area contributed by atoms with Gasteiger partial charge in [-0.3, -0.25) is 4.98 Å². The highest BCUT2D eigenvalue weighted by Gasteiger charge is 2.14. The van der Waals surface area contributed by atoms with Gasteiger partial charge in [-0.25, -0.2) is 4.68 Å². The zero-order valence-electron chi connectivity index (χ0n) is 11.6. The van der Waals surface area contributed by atoms with Crippen molar-refractivity contribution in [3.63, 3.8) is 0 Å². The van der Waals surface area contributed by atoms with Crippen LogP contribution in [-0.2, 0) is 6.42 Å². The maximum atomic E-state index is 6.31. The predicted octanol–water partition coefficient (Wildman–Crippen LogP) is 2.29. The number of hydrogen-bond acceptors (Lipinski definition) is 4. The molecule has 0 saturated carbocycles. The molecule has 106 valence electrons. The Bertz CT molecular complexity index is 678. The molecule has 1 aromatic carbocycles. The normalized spacial score (nSPS) is 12.2. The number of benzene rings is 1. The second kappa shape index (κ2) is 6.28. The maximum absolute atomic E-state index is 6.31. The molecule has 0 aliphatic rings. The highest BCUT2D eigenvalue weighted by molar-refractivity contribution is 5.32. The molecule has 1 atom stereocenters. The van der Waals surface area contributed by atoms with E-state index >= 15 is 0 Å². The van der Waals surface area contributed by atoms with Crippen LogP contribution in [0.5, 0.6) is 0 Å². The van der Waals surface area contributed by atoms with Crippen molar-refractivity contribution in [2.75, 3.05) is 0 Å². The van der Waals surface area contributed by atoms with Gasteiger partial charge in [0.2, 0.25) is 0 Å². The van der Waals surface area contributed by atoms with Crippen molar-refractivity contribution in [1.82, 2.24) is 20.0 Å². The van der Waals surface area contributed by atoms with Gasteiger partial charge in [-0.2, -0.15) is 0 Å². The van der Waals surface area contributed by atoms with Gasteiger partial charge in [-0.1, -0.05) is 23.4 Å². The summed E-state index contributed by atoms with van der Waals surface area (Å²) in [6, 6.07) is 13.8. The van der Waals surface area contributed by atoms with Crippen molar-refractivity contribution in [1.29, 1.82) is 0 Å². The van der Waals surface area contributed by atoms with E-state index in [4.69, 9.17) is 5.73 Å². The molecule has 3 rings (SSSR count). The summed E-state index contributed by atoms with van der Waals surface area (Å²) in [5.74, 6) is 0. The second-order valence-corrected chi connectivity index (χ2v) is 4.91. The minimum atomic E-state index is -0.103. The Labute approximate surface area is 123 Å². The van der Waals surface area contributed by atoms with Gasteiger partial charge in [0.25, 0.3) is 0 Å². The molecule has 2 N–H and O–H groups in total. The molecule has 0 spiro atoms. The monoisotopic (exact) mass is 279 g/mol. The fourth-order valence-electron chi connectivity index (χ4n) is 2.29. The van der Waals surface area contributed by atoms with Gasteiger partial charge in [0.15, 0.2) is 0 Å². The van der Waals surface area contributed by atoms with Crippen molar-refractivity contribution >= 4 is 0 Å². The molecule has 2 aromatic heterocycles. The van der Waals surface area contributed by atoms with Gasteiger partial charge in [0, 0.05) is 18.4 Å². The van der Waals surface area contributed by atoms with E-state index in [0.717, 1.165) is 24.2 Å². The second-order valence-electron chi connectivity index (χ2n) is 4.91. The van der Waals surface area contributed by atoms with Crippen LogP contribution < -0.4 is 5.73 Å². The Morgan fingerprint density at radius 1 is 1.05 bits per heavy atom. The van der Waals surface area contributed by atoms with Crippen LogP contribution in [0.1, 0.15) is 23.7 Å². The number of nitrogens with zero attached hydrogens (tertiary/aromatic N) is 4. The molecule has 0 aliphatic carbocycles. The zero-order chi connectivity index (χ0) is 14.5. The third-order valence-electron chi connectivity index (χ3n) is 3.45. The summed E-state index contributed by atoms with van der Waals surface area (Å²) in [5, 5.41) is 8.14. The van der Waals surface area contributed by atoms with E-state index in [0.29, 0.717) is 0 Å². The molecule has 0 radical (unpaired) electrons. The molecule has 5 nitrogen and oxygen atoms in total. The Kier molecular flexibility index (Phi) is 4.02. The lowest BCUT2D eigenvalue weighted by molar-refractivity contribution is 0.604. The van der Waals surface area contributed by atoms with Crippen LogP contribution in [0.15, 0.2) is 61.1 Å². The van der Waals surface area contributed by atoms with Crippen molar-refractivity contribution < 1.29 is 0 Å². The molecule has 0 fully saturated rings. The molecule has 1 unspecified atom stereocenters. The van der Waals surface area contributed by atoms with Crippen molar-refractivity contribution in [2.24, 2.45) is 5.73 Å². The van der Waals surface area contributed by atoms with Gasteiger partial charge in [0.1, 0.15) is 0 Å².